The molecule has 160 valence electrons. The highest BCUT2D eigenvalue weighted by Gasteiger charge is 2.34. The third-order valence-electron chi connectivity index (χ3n) is 5.07. The number of aliphatic imine (C=N–C) groups is 1. The number of aromatic nitrogens is 3. The van der Waals surface area contributed by atoms with Crippen LogP contribution in [0.4, 0.5) is 0 Å². The van der Waals surface area contributed by atoms with Crippen LogP contribution in [0.15, 0.2) is 29.3 Å². The number of nitrogens with one attached hydrogen (secondary N) is 2. The Morgan fingerprint density at radius 2 is 2.07 bits per heavy atom. The highest BCUT2D eigenvalue weighted by Crippen LogP contribution is 2.39. The molecule has 1 atom stereocenters. The van der Waals surface area contributed by atoms with Crippen molar-refractivity contribution in [1.29, 1.82) is 0 Å². The summed E-state index contributed by atoms with van der Waals surface area (Å²) in [6.45, 7) is 9.75. The first-order chi connectivity index (χ1) is 13.4. The zero-order chi connectivity index (χ0) is 20.1. The van der Waals surface area contributed by atoms with Crippen LogP contribution in [0.25, 0.3) is 0 Å². The van der Waals surface area contributed by atoms with Gasteiger partial charge in [0.2, 0.25) is 0 Å². The van der Waals surface area contributed by atoms with Gasteiger partial charge in [-0.2, -0.15) is 0 Å². The molecule has 1 aliphatic rings. The van der Waals surface area contributed by atoms with Gasteiger partial charge in [-0.25, -0.2) is 4.99 Å². The predicted molar refractivity (Wildman–Crippen MR) is 127 cm³/mol. The fraction of sp³-hybridized carbons (Fsp3) is 0.571. The molecule has 0 spiro atoms. The number of nitrogens with zero attached hydrogens (tertiary/aromatic N) is 4. The predicted octanol–water partition coefficient (Wildman–Crippen LogP) is 3.88. The fourth-order valence-corrected chi connectivity index (χ4v) is 3.37. The molecule has 1 aromatic heterocycles. The summed E-state index contributed by atoms with van der Waals surface area (Å²) in [7, 11) is 1.97. The number of unbranched alkanes of at least 4 members (excludes halogenated alkanes) is 1. The molecular weight excluding hydrogens is 479 g/mol. The molecule has 2 aromatic rings. The molecule has 8 heteroatoms. The quantitative estimate of drug-likeness (QED) is 0.266. The van der Waals surface area contributed by atoms with Crippen molar-refractivity contribution in [3.05, 3.63) is 41.5 Å². The topological polar surface area (TPSA) is 76.4 Å². The monoisotopic (exact) mass is 512 g/mol. The fourth-order valence-electron chi connectivity index (χ4n) is 3.37. The van der Waals surface area contributed by atoms with E-state index in [0.717, 1.165) is 49.2 Å². The second-order valence-electron chi connectivity index (χ2n) is 7.97. The van der Waals surface area contributed by atoms with Gasteiger partial charge in [-0.1, -0.05) is 31.5 Å². The van der Waals surface area contributed by atoms with E-state index in [2.05, 4.69) is 53.7 Å². The molecule has 0 bridgehead atoms. The van der Waals surface area contributed by atoms with Gasteiger partial charge in [-0.05, 0) is 33.3 Å². The highest BCUT2D eigenvalue weighted by molar-refractivity contribution is 14.0. The van der Waals surface area contributed by atoms with Gasteiger partial charge in [-0.15, -0.1) is 34.2 Å². The van der Waals surface area contributed by atoms with Crippen molar-refractivity contribution in [2.45, 2.75) is 65.1 Å². The summed E-state index contributed by atoms with van der Waals surface area (Å²) in [4.78, 5) is 4.79. The first kappa shape index (κ1) is 23.4. The van der Waals surface area contributed by atoms with Crippen LogP contribution in [0.1, 0.15) is 63.3 Å². The summed E-state index contributed by atoms with van der Waals surface area (Å²) in [5.74, 6) is 3.47. The van der Waals surface area contributed by atoms with Gasteiger partial charge in [0.1, 0.15) is 23.7 Å². The first-order valence-electron chi connectivity index (χ1n) is 10.1. The van der Waals surface area contributed by atoms with Crippen LogP contribution in [0.5, 0.6) is 5.75 Å². The number of hydrogen-bond donors (Lipinski definition) is 2. The molecule has 0 amide bonds. The van der Waals surface area contributed by atoms with Crippen molar-refractivity contribution >= 4 is 29.9 Å². The molecule has 2 heterocycles. The van der Waals surface area contributed by atoms with Gasteiger partial charge in [0.05, 0.1) is 6.04 Å². The van der Waals surface area contributed by atoms with Crippen LogP contribution in [0.2, 0.25) is 0 Å². The number of rotatable bonds is 6. The average Bonchev–Trinajstić information content (AvgIpc) is 2.97. The Balaban J connectivity index is 0.00000300. The van der Waals surface area contributed by atoms with E-state index in [1.54, 1.807) is 0 Å². The van der Waals surface area contributed by atoms with E-state index in [1.807, 2.05) is 30.7 Å². The molecule has 29 heavy (non-hydrogen) atoms. The minimum absolute atomic E-state index is 0. The van der Waals surface area contributed by atoms with E-state index in [0.29, 0.717) is 6.54 Å². The Kier molecular flexibility index (Phi) is 8.30. The number of benzene rings is 1. The second kappa shape index (κ2) is 10.3. The van der Waals surface area contributed by atoms with E-state index in [4.69, 9.17) is 9.73 Å². The molecule has 0 aliphatic carbocycles. The van der Waals surface area contributed by atoms with Crippen LogP contribution in [-0.2, 0) is 13.6 Å². The lowest BCUT2D eigenvalue weighted by Gasteiger charge is -2.38. The molecule has 1 aromatic carbocycles. The molecule has 0 saturated heterocycles. The van der Waals surface area contributed by atoms with Crippen LogP contribution < -0.4 is 15.4 Å². The zero-order valence-corrected chi connectivity index (χ0v) is 20.4. The standard InChI is InChI=1S/C21H32N6O.HI/c1-6-7-12-22-20(23-14-19-26-25-15(2)27(19)5)24-17-13-21(3,4)28-18-11-9-8-10-16(17)18;/h8-11,17H,6-7,12-14H2,1-5H3,(H2,22,23,24);1H. The molecule has 3 rings (SSSR count). The van der Waals surface area contributed by atoms with Crippen LogP contribution in [0.3, 0.4) is 0 Å². The number of para-hydroxylation sites is 1. The lowest BCUT2D eigenvalue weighted by Crippen LogP contribution is -2.45. The molecule has 0 radical (unpaired) electrons. The van der Waals surface area contributed by atoms with Crippen molar-refractivity contribution in [2.75, 3.05) is 6.54 Å². The maximum Gasteiger partial charge on any atom is 0.192 e. The Bertz CT molecular complexity index is 832. The molecule has 7 nitrogen and oxygen atoms in total. The van der Waals surface area contributed by atoms with E-state index in [9.17, 15) is 0 Å². The maximum absolute atomic E-state index is 6.16. The summed E-state index contributed by atoms with van der Waals surface area (Å²) >= 11 is 0. The van der Waals surface area contributed by atoms with Crippen LogP contribution in [-0.4, -0.2) is 32.9 Å². The largest absolute Gasteiger partial charge is 0.487 e. The van der Waals surface area contributed by atoms with Crippen molar-refractivity contribution in [1.82, 2.24) is 25.4 Å². The molecular formula is C21H33IN6O. The lowest BCUT2D eigenvalue weighted by molar-refractivity contribution is 0.0694. The van der Waals surface area contributed by atoms with Gasteiger partial charge in [0, 0.05) is 25.6 Å². The van der Waals surface area contributed by atoms with Crippen molar-refractivity contribution in [3.8, 4) is 5.75 Å². The molecule has 1 unspecified atom stereocenters. The molecule has 0 fully saturated rings. The lowest BCUT2D eigenvalue weighted by atomic mass is 9.90. The number of fused-ring (bicyclic) bond motifs is 1. The number of hydrogen-bond acceptors (Lipinski definition) is 4. The molecule has 0 saturated carbocycles. The number of halogens is 1. The van der Waals surface area contributed by atoms with Crippen LogP contribution in [0, 0.1) is 6.92 Å². The number of guanidine groups is 1. The zero-order valence-electron chi connectivity index (χ0n) is 18.0. The third kappa shape index (κ3) is 6.07. The third-order valence-corrected chi connectivity index (χ3v) is 5.07. The Labute approximate surface area is 190 Å². The Morgan fingerprint density at radius 1 is 1.31 bits per heavy atom. The minimum Gasteiger partial charge on any atom is -0.487 e. The molecule has 1 aliphatic heterocycles. The van der Waals surface area contributed by atoms with E-state index < -0.39 is 0 Å². The second-order valence-corrected chi connectivity index (χ2v) is 7.97. The number of aryl methyl sites for hydroxylation is 1. The Morgan fingerprint density at radius 3 is 2.76 bits per heavy atom. The Hall–Kier alpha value is -1.84. The van der Waals surface area contributed by atoms with Crippen molar-refractivity contribution in [3.63, 3.8) is 0 Å². The summed E-state index contributed by atoms with van der Waals surface area (Å²) in [5.41, 5.74) is 0.933. The van der Waals surface area contributed by atoms with Gasteiger partial charge in [-0.3, -0.25) is 0 Å². The summed E-state index contributed by atoms with van der Waals surface area (Å²) in [6, 6.07) is 8.36. The van der Waals surface area contributed by atoms with E-state index in [1.165, 1.54) is 5.56 Å². The van der Waals surface area contributed by atoms with Crippen molar-refractivity contribution in [2.24, 2.45) is 12.0 Å². The van der Waals surface area contributed by atoms with Gasteiger partial charge < -0.3 is 19.9 Å². The minimum atomic E-state index is -0.235. The average molecular weight is 512 g/mol. The summed E-state index contributed by atoms with van der Waals surface area (Å²) in [6.07, 6.45) is 3.09. The van der Waals surface area contributed by atoms with Gasteiger partial charge >= 0.3 is 0 Å². The smallest absolute Gasteiger partial charge is 0.192 e. The summed E-state index contributed by atoms with van der Waals surface area (Å²) < 4.78 is 8.13. The normalized spacial score (nSPS) is 17.7. The van der Waals surface area contributed by atoms with Crippen molar-refractivity contribution < 1.29 is 4.74 Å². The van der Waals surface area contributed by atoms with Gasteiger partial charge in [0.15, 0.2) is 11.8 Å². The maximum atomic E-state index is 6.16. The van der Waals surface area contributed by atoms with Crippen LogP contribution >= 0.6 is 24.0 Å². The highest BCUT2D eigenvalue weighted by atomic mass is 127. The first-order valence-corrected chi connectivity index (χ1v) is 10.1. The van der Waals surface area contributed by atoms with E-state index >= 15 is 0 Å². The number of ether oxygens (including phenoxy) is 1. The molecule has 2 N–H and O–H groups in total. The SMILES string of the molecule is CCCCNC(=NCc1nnc(C)n1C)NC1CC(C)(C)Oc2ccccc21.I. The van der Waals surface area contributed by atoms with Gasteiger partial charge in [0.25, 0.3) is 0 Å². The summed E-state index contributed by atoms with van der Waals surface area (Å²) in [5, 5.41) is 15.4. The van der Waals surface area contributed by atoms with E-state index in [-0.39, 0.29) is 35.6 Å².